The van der Waals surface area contributed by atoms with E-state index in [4.69, 9.17) is 9.47 Å². The molecule has 6 nitrogen and oxygen atoms in total. The van der Waals surface area contributed by atoms with Crippen molar-refractivity contribution in [2.45, 2.75) is 71.1 Å². The van der Waals surface area contributed by atoms with Gasteiger partial charge >= 0.3 is 12.1 Å². The number of hydrogen-bond donors (Lipinski definition) is 2. The number of rotatable bonds is 8. The van der Waals surface area contributed by atoms with Crippen LogP contribution < -0.4 is 5.32 Å². The van der Waals surface area contributed by atoms with Crippen molar-refractivity contribution in [1.82, 2.24) is 5.32 Å². The van der Waals surface area contributed by atoms with Crippen LogP contribution in [0.15, 0.2) is 12.1 Å². The second kappa shape index (κ2) is 9.77. The van der Waals surface area contributed by atoms with E-state index in [1.54, 1.807) is 39.0 Å². The molecule has 2 N–H and O–H groups in total. The van der Waals surface area contributed by atoms with Crippen LogP contribution in [0.2, 0.25) is 0 Å². The lowest BCUT2D eigenvalue weighted by Gasteiger charge is -2.22. The molecule has 0 aliphatic rings. The van der Waals surface area contributed by atoms with Gasteiger partial charge in [0, 0.05) is 16.2 Å². The number of carbonyl (C=O) groups is 2. The van der Waals surface area contributed by atoms with Gasteiger partial charge < -0.3 is 19.9 Å². The van der Waals surface area contributed by atoms with E-state index in [1.807, 2.05) is 12.1 Å². The quantitative estimate of drug-likeness (QED) is 0.686. The van der Waals surface area contributed by atoms with Gasteiger partial charge in [0.1, 0.15) is 11.6 Å². The molecule has 2 unspecified atom stereocenters. The SMILES string of the molecule is COC(=O)C(Cc1ccc(CCCC(C)O)s1)NC(=O)OC(C)(C)C. The fourth-order valence-corrected chi connectivity index (χ4v) is 3.33. The van der Waals surface area contributed by atoms with Crippen LogP contribution >= 0.6 is 11.3 Å². The molecule has 0 radical (unpaired) electrons. The number of carbonyl (C=O) groups excluding carboxylic acids is 2. The van der Waals surface area contributed by atoms with E-state index in [1.165, 1.54) is 12.0 Å². The minimum Gasteiger partial charge on any atom is -0.467 e. The van der Waals surface area contributed by atoms with Crippen molar-refractivity contribution in [2.75, 3.05) is 7.11 Å². The zero-order valence-corrected chi connectivity index (χ0v) is 16.4. The third-order valence-electron chi connectivity index (χ3n) is 3.34. The first-order valence-corrected chi connectivity index (χ1v) is 9.25. The first kappa shape index (κ1) is 21.4. The molecule has 1 rings (SSSR count). The van der Waals surface area contributed by atoms with Crippen molar-refractivity contribution in [3.8, 4) is 0 Å². The Labute approximate surface area is 153 Å². The standard InChI is InChI=1S/C18H29NO5S/c1-12(20)7-6-8-13-9-10-14(25-13)11-15(16(21)23-5)19-17(22)24-18(2,3)4/h9-10,12,15,20H,6-8,11H2,1-5H3,(H,19,22). The Morgan fingerprint density at radius 3 is 2.48 bits per heavy atom. The molecule has 0 saturated heterocycles. The van der Waals surface area contributed by atoms with Crippen LogP contribution in [0.25, 0.3) is 0 Å². The van der Waals surface area contributed by atoms with Gasteiger partial charge in [-0.3, -0.25) is 0 Å². The molecule has 7 heteroatoms. The summed E-state index contributed by atoms with van der Waals surface area (Å²) in [7, 11) is 1.29. The zero-order valence-electron chi connectivity index (χ0n) is 15.6. The van der Waals surface area contributed by atoms with Crippen LogP contribution in [0.1, 0.15) is 50.3 Å². The minimum absolute atomic E-state index is 0.291. The lowest BCUT2D eigenvalue weighted by molar-refractivity contribution is -0.143. The van der Waals surface area contributed by atoms with Crippen LogP contribution in [-0.2, 0) is 27.1 Å². The zero-order chi connectivity index (χ0) is 19.0. The predicted molar refractivity (Wildman–Crippen MR) is 97.8 cm³/mol. The number of amides is 1. The summed E-state index contributed by atoms with van der Waals surface area (Å²) in [5.41, 5.74) is -0.634. The normalized spacial score (nSPS) is 13.8. The van der Waals surface area contributed by atoms with Gasteiger partial charge in [0.2, 0.25) is 0 Å². The van der Waals surface area contributed by atoms with Gasteiger partial charge in [-0.1, -0.05) is 0 Å². The molecule has 2 atom stereocenters. The Bertz CT molecular complexity index is 562. The van der Waals surface area contributed by atoms with Gasteiger partial charge in [0.15, 0.2) is 0 Å². The Kier molecular flexibility index (Phi) is 8.38. The second-order valence-corrected chi connectivity index (χ2v) is 8.29. The van der Waals surface area contributed by atoms with Gasteiger partial charge in [-0.2, -0.15) is 0 Å². The van der Waals surface area contributed by atoms with E-state index < -0.39 is 23.7 Å². The molecule has 0 saturated carbocycles. The molecular formula is C18H29NO5S. The number of methoxy groups -OCH3 is 1. The minimum atomic E-state index is -0.788. The lowest BCUT2D eigenvalue weighted by Crippen LogP contribution is -2.45. The smallest absolute Gasteiger partial charge is 0.408 e. The summed E-state index contributed by atoms with van der Waals surface area (Å²) in [6.45, 7) is 7.07. The van der Waals surface area contributed by atoms with E-state index in [2.05, 4.69) is 5.32 Å². The van der Waals surface area contributed by atoms with Gasteiger partial charge in [-0.05, 0) is 59.1 Å². The number of aryl methyl sites for hydroxylation is 1. The van der Waals surface area contributed by atoms with Gasteiger partial charge in [0.25, 0.3) is 0 Å². The Hall–Kier alpha value is -1.60. The number of aliphatic hydroxyl groups is 1. The summed E-state index contributed by atoms with van der Waals surface area (Å²) < 4.78 is 9.98. The van der Waals surface area contributed by atoms with E-state index in [9.17, 15) is 14.7 Å². The highest BCUT2D eigenvalue weighted by atomic mass is 32.1. The molecule has 142 valence electrons. The van der Waals surface area contributed by atoms with Crippen molar-refractivity contribution in [1.29, 1.82) is 0 Å². The molecule has 1 amide bonds. The number of hydrogen-bond acceptors (Lipinski definition) is 6. The maximum absolute atomic E-state index is 12.0. The second-order valence-electron chi connectivity index (χ2n) is 7.04. The number of alkyl carbamates (subject to hydrolysis) is 1. The predicted octanol–water partition coefficient (Wildman–Crippen LogP) is 3.06. The molecule has 0 spiro atoms. The van der Waals surface area contributed by atoms with E-state index in [0.717, 1.165) is 24.1 Å². The first-order valence-electron chi connectivity index (χ1n) is 8.43. The molecule has 0 aromatic carbocycles. The number of ether oxygens (including phenoxy) is 2. The molecule has 0 aliphatic heterocycles. The summed E-state index contributed by atoms with van der Waals surface area (Å²) >= 11 is 1.60. The third-order valence-corrected chi connectivity index (χ3v) is 4.51. The maximum Gasteiger partial charge on any atom is 0.408 e. The maximum atomic E-state index is 12.0. The van der Waals surface area contributed by atoms with E-state index in [0.29, 0.717) is 6.42 Å². The average Bonchev–Trinajstić information content (AvgIpc) is 2.91. The highest BCUT2D eigenvalue weighted by Crippen LogP contribution is 2.21. The van der Waals surface area contributed by atoms with Crippen LogP contribution in [0.4, 0.5) is 4.79 Å². The molecule has 1 aromatic rings. The lowest BCUT2D eigenvalue weighted by atomic mass is 10.1. The van der Waals surface area contributed by atoms with Crippen molar-refractivity contribution < 1.29 is 24.2 Å². The molecule has 25 heavy (non-hydrogen) atoms. The van der Waals surface area contributed by atoms with Crippen LogP contribution in [-0.4, -0.2) is 42.0 Å². The van der Waals surface area contributed by atoms with Gasteiger partial charge in [-0.15, -0.1) is 11.3 Å². The Balaban J connectivity index is 2.65. The third kappa shape index (κ3) is 8.88. The summed E-state index contributed by atoms with van der Waals surface area (Å²) in [6, 6.07) is 3.18. The molecule has 1 heterocycles. The molecule has 1 aromatic heterocycles. The van der Waals surface area contributed by atoms with Crippen molar-refractivity contribution in [2.24, 2.45) is 0 Å². The monoisotopic (exact) mass is 371 g/mol. The summed E-state index contributed by atoms with van der Waals surface area (Å²) in [4.78, 5) is 26.1. The Morgan fingerprint density at radius 2 is 1.92 bits per heavy atom. The van der Waals surface area contributed by atoms with Crippen molar-refractivity contribution in [3.63, 3.8) is 0 Å². The van der Waals surface area contributed by atoms with Gasteiger partial charge in [0.05, 0.1) is 13.2 Å². The first-order chi connectivity index (χ1) is 11.6. The molecular weight excluding hydrogens is 342 g/mol. The van der Waals surface area contributed by atoms with Crippen molar-refractivity contribution in [3.05, 3.63) is 21.9 Å². The van der Waals surface area contributed by atoms with E-state index >= 15 is 0 Å². The Morgan fingerprint density at radius 1 is 1.28 bits per heavy atom. The van der Waals surface area contributed by atoms with Crippen molar-refractivity contribution >= 4 is 23.4 Å². The van der Waals surface area contributed by atoms with Crippen LogP contribution in [0, 0.1) is 0 Å². The number of esters is 1. The molecule has 0 bridgehead atoms. The van der Waals surface area contributed by atoms with E-state index in [-0.39, 0.29) is 6.10 Å². The molecule has 0 aliphatic carbocycles. The van der Waals surface area contributed by atoms with Crippen LogP contribution in [0.3, 0.4) is 0 Å². The topological polar surface area (TPSA) is 84.9 Å². The number of thiophene rings is 1. The fraction of sp³-hybridized carbons (Fsp3) is 0.667. The molecule has 0 fully saturated rings. The summed E-state index contributed by atoms with van der Waals surface area (Å²) in [5.74, 6) is -0.505. The highest BCUT2D eigenvalue weighted by molar-refractivity contribution is 7.12. The fourth-order valence-electron chi connectivity index (χ4n) is 2.22. The largest absolute Gasteiger partial charge is 0.467 e. The number of aliphatic hydroxyl groups excluding tert-OH is 1. The summed E-state index contributed by atoms with van der Waals surface area (Å²) in [6.07, 6.45) is 1.98. The summed E-state index contributed by atoms with van der Waals surface area (Å²) in [5, 5.41) is 11.9. The highest BCUT2D eigenvalue weighted by Gasteiger charge is 2.25. The average molecular weight is 371 g/mol. The number of nitrogens with one attached hydrogen (secondary N) is 1. The van der Waals surface area contributed by atoms with Gasteiger partial charge in [-0.25, -0.2) is 9.59 Å². The van der Waals surface area contributed by atoms with Crippen LogP contribution in [0.5, 0.6) is 0 Å².